The monoisotopic (exact) mass is 308 g/mol. The molecule has 0 spiro atoms. The number of fused-ring (bicyclic) bond motifs is 1. The van der Waals surface area contributed by atoms with Crippen LogP contribution in [0.2, 0.25) is 0 Å². The number of anilines is 1. The highest BCUT2D eigenvalue weighted by Gasteiger charge is 2.18. The van der Waals surface area contributed by atoms with Crippen molar-refractivity contribution in [2.24, 2.45) is 0 Å². The Morgan fingerprint density at radius 3 is 2.71 bits per heavy atom. The van der Waals surface area contributed by atoms with Gasteiger partial charge in [0.05, 0.1) is 11.9 Å². The zero-order chi connectivity index (χ0) is 15.6. The molecule has 112 valence electrons. The van der Waals surface area contributed by atoms with Crippen molar-refractivity contribution in [2.45, 2.75) is 26.8 Å². The second-order valence-electron chi connectivity index (χ2n) is 4.84. The van der Waals surface area contributed by atoms with Crippen LogP contribution in [0.5, 0.6) is 0 Å². The molecule has 0 aromatic carbocycles. The molecule has 3 N–H and O–H groups in total. The maximum Gasteiger partial charge on any atom is 0.346 e. The van der Waals surface area contributed by atoms with Gasteiger partial charge >= 0.3 is 5.97 Å². The Kier molecular flexibility index (Phi) is 4.37. The van der Waals surface area contributed by atoms with Crippen LogP contribution in [-0.2, 0) is 4.79 Å². The first-order valence-electron chi connectivity index (χ1n) is 6.40. The van der Waals surface area contributed by atoms with E-state index in [0.29, 0.717) is 21.6 Å². The average molecular weight is 308 g/mol. The smallest absolute Gasteiger partial charge is 0.346 e. The molecule has 21 heavy (non-hydrogen) atoms. The van der Waals surface area contributed by atoms with Gasteiger partial charge in [-0.3, -0.25) is 4.79 Å². The van der Waals surface area contributed by atoms with E-state index in [-0.39, 0.29) is 23.4 Å². The van der Waals surface area contributed by atoms with Crippen molar-refractivity contribution in [1.82, 2.24) is 15.3 Å². The molecule has 2 aromatic heterocycles. The number of amides is 1. The Morgan fingerprint density at radius 1 is 1.38 bits per heavy atom. The highest BCUT2D eigenvalue weighted by molar-refractivity contribution is 7.20. The largest absolute Gasteiger partial charge is 0.477 e. The zero-order valence-corrected chi connectivity index (χ0v) is 12.7. The summed E-state index contributed by atoms with van der Waals surface area (Å²) in [5.74, 6) is -0.665. The number of carbonyl (C=O) groups excluding carboxylic acids is 1. The number of aromatic nitrogens is 2. The maximum atomic E-state index is 11.7. The van der Waals surface area contributed by atoms with Crippen molar-refractivity contribution in [1.29, 1.82) is 0 Å². The molecule has 0 aliphatic heterocycles. The third-order valence-electron chi connectivity index (χ3n) is 2.79. The summed E-state index contributed by atoms with van der Waals surface area (Å²) in [4.78, 5) is 31.8. The van der Waals surface area contributed by atoms with Gasteiger partial charge in [-0.1, -0.05) is 0 Å². The summed E-state index contributed by atoms with van der Waals surface area (Å²) in [5.41, 5.74) is 0.606. The zero-order valence-electron chi connectivity index (χ0n) is 11.9. The van der Waals surface area contributed by atoms with Crippen molar-refractivity contribution < 1.29 is 14.7 Å². The van der Waals surface area contributed by atoms with Gasteiger partial charge in [-0.25, -0.2) is 14.8 Å². The summed E-state index contributed by atoms with van der Waals surface area (Å²) in [5, 5.41) is 15.5. The summed E-state index contributed by atoms with van der Waals surface area (Å²) >= 11 is 1.10. The summed E-state index contributed by atoms with van der Waals surface area (Å²) in [6, 6.07) is 0.0613. The number of hydrogen-bond acceptors (Lipinski definition) is 6. The highest BCUT2D eigenvalue weighted by Crippen LogP contribution is 2.32. The molecule has 0 atom stereocenters. The summed E-state index contributed by atoms with van der Waals surface area (Å²) in [6.07, 6.45) is 1.35. The lowest BCUT2D eigenvalue weighted by atomic mass is 10.2. The van der Waals surface area contributed by atoms with Crippen LogP contribution >= 0.6 is 11.3 Å². The van der Waals surface area contributed by atoms with Crippen LogP contribution in [-0.4, -0.2) is 39.5 Å². The summed E-state index contributed by atoms with van der Waals surface area (Å²) < 4.78 is 0. The van der Waals surface area contributed by atoms with E-state index in [1.807, 2.05) is 13.8 Å². The fraction of sp³-hybridized carbons (Fsp3) is 0.385. The second kappa shape index (κ2) is 6.04. The Hall–Kier alpha value is -2.22. The number of carbonyl (C=O) groups is 2. The molecule has 0 saturated carbocycles. The third-order valence-corrected chi connectivity index (χ3v) is 3.97. The van der Waals surface area contributed by atoms with Crippen molar-refractivity contribution >= 4 is 39.2 Å². The van der Waals surface area contributed by atoms with E-state index in [2.05, 4.69) is 20.6 Å². The van der Waals surface area contributed by atoms with Crippen molar-refractivity contribution in [3.05, 3.63) is 16.8 Å². The number of nitrogens with zero attached hydrogens (tertiary/aromatic N) is 2. The quantitative estimate of drug-likeness (QED) is 0.775. The average Bonchev–Trinajstić information content (AvgIpc) is 2.74. The lowest BCUT2D eigenvalue weighted by Gasteiger charge is -2.10. The number of carboxylic acids is 1. The van der Waals surface area contributed by atoms with E-state index < -0.39 is 5.97 Å². The molecule has 0 saturated heterocycles. The Balaban J connectivity index is 2.28. The van der Waals surface area contributed by atoms with Gasteiger partial charge in [0.2, 0.25) is 5.91 Å². The van der Waals surface area contributed by atoms with Gasteiger partial charge in [-0.2, -0.15) is 0 Å². The van der Waals surface area contributed by atoms with Crippen molar-refractivity contribution in [2.75, 3.05) is 11.9 Å². The number of rotatable bonds is 5. The number of hydrogen-bond donors (Lipinski definition) is 3. The number of carboxylic acid groups (broad SMARTS) is 1. The van der Waals surface area contributed by atoms with E-state index >= 15 is 0 Å². The molecule has 0 fully saturated rings. The molecule has 0 radical (unpaired) electrons. The minimum Gasteiger partial charge on any atom is -0.477 e. The molecule has 0 aliphatic carbocycles. The van der Waals surface area contributed by atoms with E-state index in [1.165, 1.54) is 6.33 Å². The van der Waals surface area contributed by atoms with Gasteiger partial charge in [0.1, 0.15) is 21.9 Å². The molecule has 8 heteroatoms. The SMILES string of the molecule is Cc1c(C(=O)O)sc2ncnc(NCC(=O)NC(C)C)c12. The minimum absolute atomic E-state index is 0.0613. The predicted octanol–water partition coefficient (Wildman–Crippen LogP) is 1.63. The molecule has 0 aliphatic rings. The molecular weight excluding hydrogens is 292 g/mol. The predicted molar refractivity (Wildman–Crippen MR) is 80.9 cm³/mol. The molecule has 0 bridgehead atoms. The molecule has 2 rings (SSSR count). The minimum atomic E-state index is -0.987. The standard InChI is InChI=1S/C13H16N4O3S/c1-6(2)17-8(18)4-14-11-9-7(3)10(13(19)20)21-12(9)16-5-15-11/h5-6H,4H2,1-3H3,(H,17,18)(H,19,20)(H,14,15,16). The Bertz CT molecular complexity index is 696. The molecule has 2 heterocycles. The van der Waals surface area contributed by atoms with E-state index in [9.17, 15) is 9.59 Å². The van der Waals surface area contributed by atoms with Crippen LogP contribution in [0.25, 0.3) is 10.2 Å². The molecule has 1 amide bonds. The Morgan fingerprint density at radius 2 is 2.10 bits per heavy atom. The van der Waals surface area contributed by atoms with Crippen LogP contribution in [0, 0.1) is 6.92 Å². The lowest BCUT2D eigenvalue weighted by Crippen LogP contribution is -2.35. The lowest BCUT2D eigenvalue weighted by molar-refractivity contribution is -0.119. The van der Waals surface area contributed by atoms with Gasteiger partial charge < -0.3 is 15.7 Å². The fourth-order valence-corrected chi connectivity index (χ4v) is 2.93. The molecule has 2 aromatic rings. The fourth-order valence-electron chi connectivity index (χ4n) is 1.95. The number of aryl methyl sites for hydroxylation is 1. The summed E-state index contributed by atoms with van der Waals surface area (Å²) in [6.45, 7) is 5.54. The Labute approximate surface area is 125 Å². The van der Waals surface area contributed by atoms with Crippen LogP contribution in [0.3, 0.4) is 0 Å². The van der Waals surface area contributed by atoms with Gasteiger partial charge in [0.15, 0.2) is 0 Å². The normalized spacial score (nSPS) is 10.9. The van der Waals surface area contributed by atoms with Gasteiger partial charge in [0, 0.05) is 6.04 Å². The van der Waals surface area contributed by atoms with E-state index in [4.69, 9.17) is 5.11 Å². The topological polar surface area (TPSA) is 104 Å². The first-order valence-corrected chi connectivity index (χ1v) is 7.22. The number of aromatic carboxylic acids is 1. The molecule has 7 nitrogen and oxygen atoms in total. The highest BCUT2D eigenvalue weighted by atomic mass is 32.1. The van der Waals surface area contributed by atoms with Crippen molar-refractivity contribution in [3.8, 4) is 0 Å². The van der Waals surface area contributed by atoms with E-state index in [0.717, 1.165) is 11.3 Å². The first-order chi connectivity index (χ1) is 9.90. The summed E-state index contributed by atoms with van der Waals surface area (Å²) in [7, 11) is 0. The van der Waals surface area contributed by atoms with Crippen LogP contribution in [0.1, 0.15) is 29.1 Å². The maximum absolute atomic E-state index is 11.7. The third kappa shape index (κ3) is 3.27. The number of nitrogens with one attached hydrogen (secondary N) is 2. The van der Waals surface area contributed by atoms with Gasteiger partial charge in [-0.05, 0) is 26.3 Å². The van der Waals surface area contributed by atoms with Crippen LogP contribution in [0.15, 0.2) is 6.33 Å². The molecular formula is C13H16N4O3S. The number of thiophene rings is 1. The second-order valence-corrected chi connectivity index (χ2v) is 5.84. The first kappa shape index (κ1) is 15.2. The molecule has 0 unspecified atom stereocenters. The van der Waals surface area contributed by atoms with Crippen LogP contribution < -0.4 is 10.6 Å². The van der Waals surface area contributed by atoms with Crippen LogP contribution in [0.4, 0.5) is 5.82 Å². The van der Waals surface area contributed by atoms with Gasteiger partial charge in [0.25, 0.3) is 0 Å². The van der Waals surface area contributed by atoms with Gasteiger partial charge in [-0.15, -0.1) is 11.3 Å². The van der Waals surface area contributed by atoms with E-state index in [1.54, 1.807) is 6.92 Å². The van der Waals surface area contributed by atoms with Crippen molar-refractivity contribution in [3.63, 3.8) is 0 Å².